The topological polar surface area (TPSA) is 80.5 Å². The molecule has 1 unspecified atom stereocenters. The minimum atomic E-state index is -0.671. The maximum Gasteiger partial charge on any atom is 0.411 e. The van der Waals surface area contributed by atoms with E-state index in [-0.39, 0.29) is 24.0 Å². The van der Waals surface area contributed by atoms with Crippen molar-refractivity contribution < 1.29 is 13.9 Å². The summed E-state index contributed by atoms with van der Waals surface area (Å²) in [6, 6.07) is 8.40. The summed E-state index contributed by atoms with van der Waals surface area (Å²) in [5.74, 6) is -0.287. The number of hydrogen-bond acceptors (Lipinski definition) is 5. The standard InChI is InChI=1S/C22H27FN4O2/c1-22(2)20(14-3-5-15(23)6-4-14)27(21(28)29-22)17-9-7-16(8-10-17)26-19-11-12-25-13-18(19)24/h3-6,11-13,16-17,20H,7-10,24H2,1-2H3,(H,25,26). The van der Waals surface area contributed by atoms with Crippen molar-refractivity contribution in [1.82, 2.24) is 9.88 Å². The van der Waals surface area contributed by atoms with Crippen molar-refractivity contribution in [2.45, 2.75) is 63.3 Å². The highest BCUT2D eigenvalue weighted by molar-refractivity contribution is 5.72. The number of nitrogens with two attached hydrogens (primary N) is 1. The van der Waals surface area contributed by atoms with E-state index in [1.165, 1.54) is 12.1 Å². The first-order chi connectivity index (χ1) is 13.8. The van der Waals surface area contributed by atoms with Gasteiger partial charge in [0.25, 0.3) is 0 Å². The maximum absolute atomic E-state index is 13.4. The van der Waals surface area contributed by atoms with Gasteiger partial charge in [-0.3, -0.25) is 9.88 Å². The van der Waals surface area contributed by atoms with Crippen LogP contribution in [0.4, 0.5) is 20.6 Å². The number of ether oxygens (including phenoxy) is 1. The van der Waals surface area contributed by atoms with Crippen molar-refractivity contribution in [1.29, 1.82) is 0 Å². The summed E-state index contributed by atoms with van der Waals surface area (Å²) < 4.78 is 19.1. The predicted molar refractivity (Wildman–Crippen MR) is 110 cm³/mol. The average Bonchev–Trinajstić information content (AvgIpc) is 2.93. The van der Waals surface area contributed by atoms with Crippen LogP contribution in [0.25, 0.3) is 0 Å². The van der Waals surface area contributed by atoms with Crippen LogP contribution < -0.4 is 11.1 Å². The van der Waals surface area contributed by atoms with Crippen molar-refractivity contribution >= 4 is 17.5 Å². The van der Waals surface area contributed by atoms with Crippen LogP contribution >= 0.6 is 0 Å². The molecule has 0 spiro atoms. The molecule has 4 rings (SSSR count). The Bertz CT molecular complexity index is 879. The maximum atomic E-state index is 13.4. The van der Waals surface area contributed by atoms with Crippen LogP contribution in [0.3, 0.4) is 0 Å². The minimum Gasteiger partial charge on any atom is -0.441 e. The number of pyridine rings is 1. The minimum absolute atomic E-state index is 0.0900. The molecule has 0 radical (unpaired) electrons. The van der Waals surface area contributed by atoms with Gasteiger partial charge >= 0.3 is 6.09 Å². The van der Waals surface area contributed by atoms with E-state index in [0.717, 1.165) is 36.9 Å². The fraction of sp³-hybridized carbons (Fsp3) is 0.455. The van der Waals surface area contributed by atoms with E-state index in [0.29, 0.717) is 11.7 Å². The molecule has 2 heterocycles. The lowest BCUT2D eigenvalue weighted by Crippen LogP contribution is -2.44. The van der Waals surface area contributed by atoms with Gasteiger partial charge in [0.2, 0.25) is 0 Å². The van der Waals surface area contributed by atoms with E-state index >= 15 is 0 Å². The number of rotatable bonds is 4. The van der Waals surface area contributed by atoms with Crippen LogP contribution in [-0.4, -0.2) is 33.7 Å². The average molecular weight is 398 g/mol. The van der Waals surface area contributed by atoms with E-state index in [1.54, 1.807) is 24.5 Å². The SMILES string of the molecule is CC1(C)OC(=O)N(C2CCC(Nc3ccncc3N)CC2)C1c1ccc(F)cc1. The molecule has 2 aliphatic rings. The van der Waals surface area contributed by atoms with E-state index in [1.807, 2.05) is 24.8 Å². The summed E-state index contributed by atoms with van der Waals surface area (Å²) in [4.78, 5) is 18.6. The third-order valence-corrected chi connectivity index (χ3v) is 5.99. The van der Waals surface area contributed by atoms with Crippen LogP contribution in [0.15, 0.2) is 42.7 Å². The molecule has 1 aliphatic carbocycles. The number of benzene rings is 1. The van der Waals surface area contributed by atoms with Crippen molar-refractivity contribution in [3.8, 4) is 0 Å². The summed E-state index contributed by atoms with van der Waals surface area (Å²) in [7, 11) is 0. The Morgan fingerprint density at radius 3 is 2.52 bits per heavy atom. The molecule has 1 aromatic carbocycles. The number of carbonyl (C=O) groups excluding carboxylic acids is 1. The van der Waals surface area contributed by atoms with E-state index in [4.69, 9.17) is 10.5 Å². The van der Waals surface area contributed by atoms with Crippen LogP contribution in [0.1, 0.15) is 51.1 Å². The highest BCUT2D eigenvalue weighted by Gasteiger charge is 2.51. The molecule has 7 heteroatoms. The second-order valence-electron chi connectivity index (χ2n) is 8.45. The number of cyclic esters (lactones) is 1. The number of anilines is 2. The molecule has 1 aliphatic heterocycles. The number of nitrogens with one attached hydrogen (secondary N) is 1. The van der Waals surface area contributed by atoms with Gasteiger partial charge in [0.1, 0.15) is 11.4 Å². The van der Waals surface area contributed by atoms with Gasteiger partial charge in [0.05, 0.1) is 23.6 Å². The van der Waals surface area contributed by atoms with Gasteiger partial charge in [-0.15, -0.1) is 0 Å². The lowest BCUT2D eigenvalue weighted by atomic mass is 9.86. The highest BCUT2D eigenvalue weighted by atomic mass is 19.1. The second-order valence-corrected chi connectivity index (χ2v) is 8.45. The third-order valence-electron chi connectivity index (χ3n) is 5.99. The quantitative estimate of drug-likeness (QED) is 0.793. The first-order valence-electron chi connectivity index (χ1n) is 10.1. The summed E-state index contributed by atoms with van der Waals surface area (Å²) in [5.41, 5.74) is 7.74. The molecular formula is C22H27FN4O2. The normalized spacial score (nSPS) is 26.2. The molecule has 6 nitrogen and oxygen atoms in total. The van der Waals surface area contributed by atoms with E-state index in [2.05, 4.69) is 10.3 Å². The van der Waals surface area contributed by atoms with Gasteiger partial charge in [-0.1, -0.05) is 12.1 Å². The Hall–Kier alpha value is -2.83. The molecule has 3 N–H and O–H groups in total. The Balaban J connectivity index is 1.48. The molecule has 0 bridgehead atoms. The highest BCUT2D eigenvalue weighted by Crippen LogP contribution is 2.44. The smallest absolute Gasteiger partial charge is 0.411 e. The molecule has 1 saturated carbocycles. The molecule has 29 heavy (non-hydrogen) atoms. The Kier molecular flexibility index (Phi) is 5.06. The molecule has 154 valence electrons. The second kappa shape index (κ2) is 7.54. The van der Waals surface area contributed by atoms with Crippen LogP contribution in [0.5, 0.6) is 0 Å². The number of amides is 1. The largest absolute Gasteiger partial charge is 0.441 e. The van der Waals surface area contributed by atoms with Gasteiger partial charge < -0.3 is 15.8 Å². The van der Waals surface area contributed by atoms with Crippen LogP contribution in [0.2, 0.25) is 0 Å². The number of nitrogens with zero attached hydrogens (tertiary/aromatic N) is 2. The zero-order valence-electron chi connectivity index (χ0n) is 16.8. The lowest BCUT2D eigenvalue weighted by Gasteiger charge is -2.38. The van der Waals surface area contributed by atoms with Gasteiger partial charge in [-0.2, -0.15) is 0 Å². The summed E-state index contributed by atoms with van der Waals surface area (Å²) in [6.45, 7) is 3.83. The van der Waals surface area contributed by atoms with Crippen molar-refractivity contribution in [3.05, 3.63) is 54.1 Å². The van der Waals surface area contributed by atoms with Gasteiger partial charge in [-0.25, -0.2) is 9.18 Å². The van der Waals surface area contributed by atoms with E-state index < -0.39 is 5.60 Å². The molecular weight excluding hydrogens is 371 g/mol. The molecule has 1 aromatic heterocycles. The molecule has 1 amide bonds. The number of halogens is 1. The van der Waals surface area contributed by atoms with Crippen molar-refractivity contribution in [3.63, 3.8) is 0 Å². The molecule has 1 saturated heterocycles. The summed E-state index contributed by atoms with van der Waals surface area (Å²) in [5, 5.41) is 3.50. The van der Waals surface area contributed by atoms with E-state index in [9.17, 15) is 9.18 Å². The van der Waals surface area contributed by atoms with Gasteiger partial charge in [0, 0.05) is 18.3 Å². The molecule has 1 atom stereocenters. The molecule has 2 aromatic rings. The molecule has 2 fully saturated rings. The summed E-state index contributed by atoms with van der Waals surface area (Å²) >= 11 is 0. The first kappa shape index (κ1) is 19.5. The fourth-order valence-corrected chi connectivity index (χ4v) is 4.60. The first-order valence-corrected chi connectivity index (χ1v) is 10.1. The summed E-state index contributed by atoms with van der Waals surface area (Å²) in [6.07, 6.45) is 6.65. The number of carbonyl (C=O) groups is 1. The zero-order valence-corrected chi connectivity index (χ0v) is 16.8. The Labute approximate surface area is 170 Å². The number of nitrogen functional groups attached to an aromatic ring is 1. The lowest BCUT2D eigenvalue weighted by molar-refractivity contribution is 0.0664. The van der Waals surface area contributed by atoms with Gasteiger partial charge in [-0.05, 0) is 63.3 Å². The van der Waals surface area contributed by atoms with Crippen molar-refractivity contribution in [2.75, 3.05) is 11.1 Å². The Morgan fingerprint density at radius 2 is 1.86 bits per heavy atom. The zero-order chi connectivity index (χ0) is 20.6. The monoisotopic (exact) mass is 398 g/mol. The predicted octanol–water partition coefficient (Wildman–Crippen LogP) is 4.50. The Morgan fingerprint density at radius 1 is 1.17 bits per heavy atom. The van der Waals surface area contributed by atoms with Crippen LogP contribution in [-0.2, 0) is 4.74 Å². The fourth-order valence-electron chi connectivity index (χ4n) is 4.60. The van der Waals surface area contributed by atoms with Crippen molar-refractivity contribution in [2.24, 2.45) is 0 Å². The third kappa shape index (κ3) is 3.86. The number of hydrogen-bond donors (Lipinski definition) is 2. The number of aromatic nitrogens is 1. The van der Waals surface area contributed by atoms with Gasteiger partial charge in [0.15, 0.2) is 0 Å². The van der Waals surface area contributed by atoms with Crippen LogP contribution in [0, 0.1) is 5.82 Å².